The maximum atomic E-state index is 11.2. The molecule has 0 radical (unpaired) electrons. The van der Waals surface area contributed by atoms with Gasteiger partial charge in [0, 0.05) is 16.2 Å². The first-order valence-electron chi connectivity index (χ1n) is 9.93. The number of hydrogen-bond donors (Lipinski definition) is 2. The van der Waals surface area contributed by atoms with E-state index in [4.69, 9.17) is 19.7 Å². The predicted molar refractivity (Wildman–Crippen MR) is 122 cm³/mol. The summed E-state index contributed by atoms with van der Waals surface area (Å²) in [6, 6.07) is 7.45. The highest BCUT2D eigenvalue weighted by Crippen LogP contribution is 2.30. The van der Waals surface area contributed by atoms with Gasteiger partial charge in [-0.05, 0) is 88.4 Å². The first-order chi connectivity index (χ1) is 15.9. The van der Waals surface area contributed by atoms with Crippen molar-refractivity contribution in [1.29, 1.82) is 0 Å². The Kier molecular flexibility index (Phi) is 11.9. The van der Waals surface area contributed by atoms with E-state index in [1.807, 2.05) is 13.8 Å². The van der Waals surface area contributed by atoms with Gasteiger partial charge < -0.3 is 28.8 Å². The van der Waals surface area contributed by atoms with E-state index in [1.54, 1.807) is 13.0 Å². The second kappa shape index (κ2) is 13.8. The van der Waals surface area contributed by atoms with Crippen LogP contribution in [-0.4, -0.2) is 53.4 Å². The van der Waals surface area contributed by atoms with Crippen molar-refractivity contribution in [3.05, 3.63) is 47.0 Å². The van der Waals surface area contributed by atoms with E-state index >= 15 is 0 Å². The number of aryl methyl sites for hydroxylation is 2. The van der Waals surface area contributed by atoms with Crippen LogP contribution in [-0.2, 0) is 38.2 Å². The molecule has 0 fully saturated rings. The van der Waals surface area contributed by atoms with Crippen molar-refractivity contribution in [2.75, 3.05) is 13.7 Å². The van der Waals surface area contributed by atoms with Crippen molar-refractivity contribution in [2.24, 2.45) is 0 Å². The Balaban J connectivity index is 0.000000342. The number of carboxylic acids is 2. The number of hydrogen-bond acceptors (Lipinski definition) is 8. The van der Waals surface area contributed by atoms with Crippen LogP contribution in [0.1, 0.15) is 42.9 Å². The lowest BCUT2D eigenvalue weighted by molar-refractivity contribution is -0.139. The number of methoxy groups -OCH3 is 1. The molecular formula is C22H26O10S2-2. The summed E-state index contributed by atoms with van der Waals surface area (Å²) in [5.74, 6) is -1.14. The molecule has 0 saturated heterocycles. The van der Waals surface area contributed by atoms with Crippen molar-refractivity contribution < 1.29 is 46.8 Å². The van der Waals surface area contributed by atoms with Crippen molar-refractivity contribution in [1.82, 2.24) is 0 Å². The molecule has 2 rings (SSSR count). The average molecular weight is 515 g/mol. The molecule has 0 bridgehead atoms. The third-order valence-corrected chi connectivity index (χ3v) is 6.01. The molecule has 0 heterocycles. The van der Waals surface area contributed by atoms with Crippen LogP contribution in [0, 0.1) is 6.92 Å². The fourth-order valence-electron chi connectivity index (χ4n) is 2.95. The first kappa shape index (κ1) is 29.2. The molecule has 34 heavy (non-hydrogen) atoms. The van der Waals surface area contributed by atoms with Gasteiger partial charge in [-0.25, -0.2) is 4.79 Å². The summed E-state index contributed by atoms with van der Waals surface area (Å²) in [6.45, 7) is 4.94. The maximum Gasteiger partial charge on any atom is 0.341 e. The second-order valence-electron chi connectivity index (χ2n) is 7.33. The van der Waals surface area contributed by atoms with Gasteiger partial charge in [0.1, 0.15) is 11.5 Å². The Morgan fingerprint density at radius 1 is 1.03 bits per heavy atom. The molecule has 0 aromatic heterocycles. The van der Waals surface area contributed by atoms with Gasteiger partial charge in [0.15, 0.2) is 6.61 Å². The van der Waals surface area contributed by atoms with E-state index < -0.39 is 40.7 Å². The average Bonchev–Trinajstić information content (AvgIpc) is 2.75. The van der Waals surface area contributed by atoms with Gasteiger partial charge in [0.25, 0.3) is 0 Å². The molecule has 0 aliphatic carbocycles. The van der Waals surface area contributed by atoms with E-state index in [2.05, 4.69) is 0 Å². The zero-order valence-corrected chi connectivity index (χ0v) is 20.7. The lowest BCUT2D eigenvalue weighted by atomic mass is 10.0. The molecule has 2 unspecified atom stereocenters. The summed E-state index contributed by atoms with van der Waals surface area (Å²) < 4.78 is 53.9. The SMILES string of the molecule is COc1ccc(S(=O)[O-])cc1CCC(=O)O.Cc1cc(OCC(=O)O)cc(C(C)C)c1S(=O)[O-]. The Morgan fingerprint density at radius 3 is 2.15 bits per heavy atom. The summed E-state index contributed by atoms with van der Waals surface area (Å²) in [4.78, 5) is 21.2. The third-order valence-electron chi connectivity index (χ3n) is 4.48. The van der Waals surface area contributed by atoms with Gasteiger partial charge in [-0.2, -0.15) is 0 Å². The van der Waals surface area contributed by atoms with Crippen molar-refractivity contribution in [3.63, 3.8) is 0 Å². The van der Waals surface area contributed by atoms with Crippen LogP contribution in [0.4, 0.5) is 0 Å². The molecular weight excluding hydrogens is 488 g/mol. The van der Waals surface area contributed by atoms with Crippen LogP contribution in [0.2, 0.25) is 0 Å². The number of carbonyl (C=O) groups is 2. The lowest BCUT2D eigenvalue weighted by Crippen LogP contribution is -2.10. The minimum atomic E-state index is -2.32. The fraction of sp³-hybridized carbons (Fsp3) is 0.364. The van der Waals surface area contributed by atoms with Gasteiger partial charge in [-0.1, -0.05) is 13.8 Å². The summed E-state index contributed by atoms with van der Waals surface area (Å²) in [7, 11) is 1.45. The number of carboxylic acid groups (broad SMARTS) is 2. The van der Waals surface area contributed by atoms with Gasteiger partial charge >= 0.3 is 11.9 Å². The van der Waals surface area contributed by atoms with E-state index in [0.717, 1.165) is 0 Å². The molecule has 12 heteroatoms. The predicted octanol–water partition coefficient (Wildman–Crippen LogP) is 2.77. The van der Waals surface area contributed by atoms with Crippen molar-refractivity contribution >= 4 is 34.1 Å². The Morgan fingerprint density at radius 2 is 1.68 bits per heavy atom. The number of benzene rings is 2. The molecule has 10 nitrogen and oxygen atoms in total. The fourth-order valence-corrected chi connectivity index (χ4v) is 4.17. The number of ether oxygens (including phenoxy) is 2. The smallest absolute Gasteiger partial charge is 0.341 e. The standard InChI is InChI=1S/C12H16O5S.C10H12O5S/c1-7(2)10-5-9(17-6-11(13)14)4-8(3)12(10)18(15)16;1-15-9-4-3-8(16(13)14)6-7(9)2-5-10(11)12/h4-5,7H,6H2,1-3H3,(H,13,14)(H,15,16);3-4,6H,2,5H2,1H3,(H,11,12)(H,13,14)/p-2. The van der Waals surface area contributed by atoms with E-state index in [9.17, 15) is 27.1 Å². The molecule has 2 atom stereocenters. The molecule has 0 spiro atoms. The molecule has 188 valence electrons. The summed E-state index contributed by atoms with van der Waals surface area (Å²) >= 11 is -4.63. The van der Waals surface area contributed by atoms with Gasteiger partial charge in [0.2, 0.25) is 0 Å². The topological polar surface area (TPSA) is 173 Å². The highest BCUT2D eigenvalue weighted by Gasteiger charge is 2.13. The van der Waals surface area contributed by atoms with Crippen LogP contribution in [0.5, 0.6) is 11.5 Å². The minimum Gasteiger partial charge on any atom is -0.768 e. The maximum absolute atomic E-state index is 11.2. The van der Waals surface area contributed by atoms with Crippen LogP contribution in [0.15, 0.2) is 40.1 Å². The van der Waals surface area contributed by atoms with Gasteiger partial charge in [-0.15, -0.1) is 0 Å². The van der Waals surface area contributed by atoms with Crippen molar-refractivity contribution in [2.45, 2.75) is 49.3 Å². The summed E-state index contributed by atoms with van der Waals surface area (Å²) in [5.41, 5.74) is 1.75. The van der Waals surface area contributed by atoms with Crippen LogP contribution in [0.25, 0.3) is 0 Å². The lowest BCUT2D eigenvalue weighted by Gasteiger charge is -2.19. The minimum absolute atomic E-state index is 0.00461. The molecule has 2 N–H and O–H groups in total. The van der Waals surface area contributed by atoms with E-state index in [-0.39, 0.29) is 28.6 Å². The third kappa shape index (κ3) is 9.21. The normalized spacial score (nSPS) is 12.3. The Bertz CT molecular complexity index is 1070. The van der Waals surface area contributed by atoms with Gasteiger partial charge in [0.05, 0.1) is 7.11 Å². The summed E-state index contributed by atoms with van der Waals surface area (Å²) in [6.07, 6.45) is 0.175. The number of aliphatic carboxylic acids is 2. The quantitative estimate of drug-likeness (QED) is 0.449. The van der Waals surface area contributed by atoms with Crippen LogP contribution < -0.4 is 9.47 Å². The van der Waals surface area contributed by atoms with Gasteiger partial charge in [-0.3, -0.25) is 13.2 Å². The molecule has 0 saturated carbocycles. The van der Waals surface area contributed by atoms with E-state index in [0.29, 0.717) is 28.2 Å². The largest absolute Gasteiger partial charge is 0.768 e. The second-order valence-corrected chi connectivity index (χ2v) is 9.15. The highest BCUT2D eigenvalue weighted by atomic mass is 32.2. The molecule has 0 aliphatic heterocycles. The molecule has 0 aliphatic rings. The Labute approximate surface area is 202 Å². The van der Waals surface area contributed by atoms with Crippen LogP contribution >= 0.6 is 0 Å². The first-order valence-corrected chi connectivity index (χ1v) is 12.1. The highest BCUT2D eigenvalue weighted by molar-refractivity contribution is 7.79. The number of rotatable bonds is 10. The molecule has 2 aromatic rings. The zero-order chi connectivity index (χ0) is 26.0. The zero-order valence-electron chi connectivity index (χ0n) is 19.1. The van der Waals surface area contributed by atoms with Crippen molar-refractivity contribution in [3.8, 4) is 11.5 Å². The summed E-state index contributed by atoms with van der Waals surface area (Å²) in [5, 5.41) is 17.1. The Hall–Kier alpha value is -2.80. The molecule has 2 aromatic carbocycles. The van der Waals surface area contributed by atoms with E-state index in [1.165, 1.54) is 31.4 Å². The molecule has 0 amide bonds. The van der Waals surface area contributed by atoms with Crippen LogP contribution in [0.3, 0.4) is 0 Å². The monoisotopic (exact) mass is 514 g/mol.